The summed E-state index contributed by atoms with van der Waals surface area (Å²) < 4.78 is 10.8. The number of halogens is 1. The number of likely N-dealkylation sites (tertiary alicyclic amines) is 1. The molecule has 1 unspecified atom stereocenters. The van der Waals surface area contributed by atoms with Crippen LogP contribution in [-0.4, -0.2) is 50.2 Å². The molecule has 0 aliphatic carbocycles. The van der Waals surface area contributed by atoms with E-state index >= 15 is 0 Å². The Morgan fingerprint density at radius 3 is 2.52 bits per heavy atom. The molecule has 1 saturated heterocycles. The number of methoxy groups -OCH3 is 2. The largest absolute Gasteiger partial charge is 0.497 e. The van der Waals surface area contributed by atoms with Gasteiger partial charge >= 0.3 is 0 Å². The Kier molecular flexibility index (Phi) is 9.01. The highest BCUT2D eigenvalue weighted by Crippen LogP contribution is 2.33. The van der Waals surface area contributed by atoms with E-state index in [4.69, 9.17) is 14.5 Å². The molecule has 8 heteroatoms. The van der Waals surface area contributed by atoms with Crippen LogP contribution >= 0.6 is 35.3 Å². The molecule has 2 heterocycles. The zero-order valence-electron chi connectivity index (χ0n) is 17.8. The summed E-state index contributed by atoms with van der Waals surface area (Å²) >= 11 is 1.73. The van der Waals surface area contributed by atoms with E-state index in [0.717, 1.165) is 42.7 Å². The van der Waals surface area contributed by atoms with Crippen molar-refractivity contribution in [1.29, 1.82) is 0 Å². The van der Waals surface area contributed by atoms with Gasteiger partial charge < -0.3 is 19.7 Å². The second-order valence-electron chi connectivity index (χ2n) is 7.31. The second-order valence-corrected chi connectivity index (χ2v) is 8.20. The molecule has 1 N–H and O–H groups in total. The number of hydrogen-bond acceptors (Lipinski definition) is 5. The van der Waals surface area contributed by atoms with Crippen LogP contribution in [0.5, 0.6) is 11.5 Å². The van der Waals surface area contributed by atoms with Crippen LogP contribution in [0.1, 0.15) is 48.4 Å². The molecule has 0 saturated carbocycles. The van der Waals surface area contributed by atoms with E-state index < -0.39 is 0 Å². The molecule has 160 valence electrons. The van der Waals surface area contributed by atoms with Crippen molar-refractivity contribution >= 4 is 41.3 Å². The first kappa shape index (κ1) is 23.7. The number of ether oxygens (including phenoxy) is 2. The van der Waals surface area contributed by atoms with E-state index in [1.807, 2.05) is 13.1 Å². The minimum Gasteiger partial charge on any atom is -0.497 e. The Morgan fingerprint density at radius 1 is 1.28 bits per heavy atom. The van der Waals surface area contributed by atoms with Gasteiger partial charge in [0.15, 0.2) is 5.96 Å². The average molecular weight is 530 g/mol. The average Bonchev–Trinajstić information content (AvgIpc) is 3.38. The zero-order chi connectivity index (χ0) is 20.1. The molecule has 0 spiro atoms. The van der Waals surface area contributed by atoms with Crippen molar-refractivity contribution in [3.05, 3.63) is 39.8 Å². The summed E-state index contributed by atoms with van der Waals surface area (Å²) in [6.45, 7) is 6.94. The first-order valence-electron chi connectivity index (χ1n) is 9.67. The summed E-state index contributed by atoms with van der Waals surface area (Å²) in [4.78, 5) is 11.5. The molecule has 0 radical (unpaired) electrons. The predicted molar refractivity (Wildman–Crippen MR) is 130 cm³/mol. The molecule has 6 nitrogen and oxygen atoms in total. The molecule has 1 fully saturated rings. The van der Waals surface area contributed by atoms with Crippen molar-refractivity contribution in [1.82, 2.24) is 15.2 Å². The number of benzene rings is 1. The maximum atomic E-state index is 5.42. The van der Waals surface area contributed by atoms with Crippen LogP contribution in [0.2, 0.25) is 0 Å². The van der Waals surface area contributed by atoms with Crippen molar-refractivity contribution in [3.63, 3.8) is 0 Å². The van der Waals surface area contributed by atoms with E-state index in [0.29, 0.717) is 18.4 Å². The smallest absolute Gasteiger partial charge is 0.193 e. The third kappa shape index (κ3) is 5.97. The third-order valence-corrected chi connectivity index (χ3v) is 6.23. The predicted octanol–water partition coefficient (Wildman–Crippen LogP) is 4.47. The van der Waals surface area contributed by atoms with E-state index in [1.54, 1.807) is 25.6 Å². The maximum absolute atomic E-state index is 5.42. The van der Waals surface area contributed by atoms with Crippen LogP contribution in [0.25, 0.3) is 0 Å². The van der Waals surface area contributed by atoms with Gasteiger partial charge in [0.2, 0.25) is 0 Å². The quantitative estimate of drug-likeness (QED) is 0.340. The zero-order valence-corrected chi connectivity index (χ0v) is 20.9. The monoisotopic (exact) mass is 530 g/mol. The molecule has 1 aromatic heterocycles. The van der Waals surface area contributed by atoms with Crippen LogP contribution in [-0.2, 0) is 6.54 Å². The molecule has 3 rings (SSSR count). The highest BCUT2D eigenvalue weighted by molar-refractivity contribution is 14.0. The molecule has 1 atom stereocenters. The minimum absolute atomic E-state index is 0. The van der Waals surface area contributed by atoms with Gasteiger partial charge in [0.25, 0.3) is 0 Å². The number of rotatable bonds is 6. The van der Waals surface area contributed by atoms with E-state index in [-0.39, 0.29) is 24.0 Å². The number of aromatic nitrogens is 1. The molecule has 2 aromatic rings. The number of aliphatic imine (C=N–C) groups is 1. The van der Waals surface area contributed by atoms with Crippen LogP contribution in [0, 0.1) is 0 Å². The lowest BCUT2D eigenvalue weighted by atomic mass is 9.98. The van der Waals surface area contributed by atoms with Gasteiger partial charge in [-0.25, -0.2) is 4.98 Å². The Hall–Kier alpha value is -1.55. The van der Waals surface area contributed by atoms with Crippen LogP contribution in [0.15, 0.2) is 28.6 Å². The number of hydrogen-bond donors (Lipinski definition) is 1. The molecule has 0 bridgehead atoms. The number of thiazole rings is 1. The standard InChI is InChI=1S/C21H30N4O2S.HI/c1-14(2)20-24-17(13-28-20)11-23-21(22-3)25-7-6-15(12-25)16-8-18(26-4)10-19(9-16)27-5;/h8-10,13-15H,6-7,11-12H2,1-5H3,(H,22,23);1H. The molecular weight excluding hydrogens is 499 g/mol. The van der Waals surface area contributed by atoms with Crippen molar-refractivity contribution < 1.29 is 9.47 Å². The van der Waals surface area contributed by atoms with Gasteiger partial charge in [-0.15, -0.1) is 35.3 Å². The van der Waals surface area contributed by atoms with Gasteiger partial charge in [0.1, 0.15) is 11.5 Å². The van der Waals surface area contributed by atoms with Crippen LogP contribution in [0.3, 0.4) is 0 Å². The molecule has 29 heavy (non-hydrogen) atoms. The van der Waals surface area contributed by atoms with Crippen LogP contribution < -0.4 is 14.8 Å². The molecule has 1 aromatic carbocycles. The fraction of sp³-hybridized carbons (Fsp3) is 0.524. The SMILES string of the molecule is CN=C(NCc1csc(C(C)C)n1)N1CCC(c2cc(OC)cc(OC)c2)C1.I. The second kappa shape index (κ2) is 11.0. The van der Waals surface area contributed by atoms with Gasteiger partial charge in [-0.1, -0.05) is 13.8 Å². The van der Waals surface area contributed by atoms with E-state index in [2.05, 4.69) is 46.6 Å². The van der Waals surface area contributed by atoms with Gasteiger partial charge in [0, 0.05) is 43.4 Å². The van der Waals surface area contributed by atoms with Crippen molar-refractivity contribution in [2.45, 2.75) is 38.6 Å². The summed E-state index contributed by atoms with van der Waals surface area (Å²) in [5, 5.41) is 6.78. The lowest BCUT2D eigenvalue weighted by Gasteiger charge is -2.21. The van der Waals surface area contributed by atoms with Crippen molar-refractivity contribution in [2.24, 2.45) is 4.99 Å². The Labute approximate surface area is 194 Å². The summed E-state index contributed by atoms with van der Waals surface area (Å²) in [5.41, 5.74) is 2.32. The first-order chi connectivity index (χ1) is 13.5. The molecule has 1 aliphatic rings. The fourth-order valence-corrected chi connectivity index (χ4v) is 4.30. The van der Waals surface area contributed by atoms with Gasteiger partial charge in [0.05, 0.1) is 31.5 Å². The topological polar surface area (TPSA) is 59.0 Å². The lowest BCUT2D eigenvalue weighted by molar-refractivity contribution is 0.392. The summed E-state index contributed by atoms with van der Waals surface area (Å²) in [5.74, 6) is 3.49. The van der Waals surface area contributed by atoms with Crippen LogP contribution in [0.4, 0.5) is 0 Å². The van der Waals surface area contributed by atoms with E-state index in [9.17, 15) is 0 Å². The fourth-order valence-electron chi connectivity index (χ4n) is 3.46. The summed E-state index contributed by atoms with van der Waals surface area (Å²) in [6.07, 6.45) is 1.07. The Balaban J connectivity index is 0.00000300. The molecule has 0 amide bonds. The summed E-state index contributed by atoms with van der Waals surface area (Å²) in [6, 6.07) is 6.13. The Morgan fingerprint density at radius 2 is 1.97 bits per heavy atom. The molecule has 1 aliphatic heterocycles. The number of nitrogens with zero attached hydrogens (tertiary/aromatic N) is 3. The maximum Gasteiger partial charge on any atom is 0.193 e. The highest BCUT2D eigenvalue weighted by atomic mass is 127. The number of nitrogens with one attached hydrogen (secondary N) is 1. The summed E-state index contributed by atoms with van der Waals surface area (Å²) in [7, 11) is 5.22. The van der Waals surface area contributed by atoms with E-state index in [1.165, 1.54) is 10.6 Å². The first-order valence-corrected chi connectivity index (χ1v) is 10.5. The molecular formula is C21H31IN4O2S. The highest BCUT2D eigenvalue weighted by Gasteiger charge is 2.27. The van der Waals surface area contributed by atoms with Gasteiger partial charge in [-0.05, 0) is 24.1 Å². The van der Waals surface area contributed by atoms with Crippen molar-refractivity contribution in [2.75, 3.05) is 34.4 Å². The van der Waals surface area contributed by atoms with Gasteiger partial charge in [-0.3, -0.25) is 4.99 Å². The van der Waals surface area contributed by atoms with Gasteiger partial charge in [-0.2, -0.15) is 0 Å². The number of guanidine groups is 1. The minimum atomic E-state index is 0. The van der Waals surface area contributed by atoms with Crippen molar-refractivity contribution in [3.8, 4) is 11.5 Å². The third-order valence-electron chi connectivity index (χ3n) is 5.04. The Bertz CT molecular complexity index is 803. The normalized spacial score (nSPS) is 16.7. The lowest BCUT2D eigenvalue weighted by Crippen LogP contribution is -2.39.